The van der Waals surface area contributed by atoms with E-state index in [1.165, 1.54) is 11.1 Å². The number of rotatable bonds is 7. The van der Waals surface area contributed by atoms with Gasteiger partial charge in [-0.1, -0.05) is 13.0 Å². The van der Waals surface area contributed by atoms with Crippen molar-refractivity contribution < 1.29 is 4.74 Å². The van der Waals surface area contributed by atoms with E-state index in [4.69, 9.17) is 4.74 Å². The smallest absolute Gasteiger partial charge is 0.133 e. The minimum absolute atomic E-state index is 0.293. The number of aromatic nitrogens is 1. The summed E-state index contributed by atoms with van der Waals surface area (Å²) in [5.41, 5.74) is 2.57. The predicted molar refractivity (Wildman–Crippen MR) is 90.7 cm³/mol. The maximum absolute atomic E-state index is 5.26. The first-order chi connectivity index (χ1) is 10.1. The van der Waals surface area contributed by atoms with Gasteiger partial charge in [0.05, 0.1) is 11.6 Å². The SMILES string of the molecule is CCCn1ccc(CNC(C)c2ccc(OC)c(Br)c2)c1. The van der Waals surface area contributed by atoms with Crippen molar-refractivity contribution in [2.75, 3.05) is 7.11 Å². The third kappa shape index (κ3) is 4.35. The molecular formula is C17H23BrN2O. The molecule has 1 aromatic heterocycles. The van der Waals surface area contributed by atoms with Crippen molar-refractivity contribution in [2.24, 2.45) is 0 Å². The van der Waals surface area contributed by atoms with Gasteiger partial charge in [0.25, 0.3) is 0 Å². The second-order valence-electron chi connectivity index (χ2n) is 5.25. The van der Waals surface area contributed by atoms with Crippen molar-refractivity contribution in [2.45, 2.75) is 39.4 Å². The molecule has 3 nitrogen and oxygen atoms in total. The summed E-state index contributed by atoms with van der Waals surface area (Å²) < 4.78 is 8.50. The van der Waals surface area contributed by atoms with Gasteiger partial charge in [-0.3, -0.25) is 0 Å². The third-order valence-corrected chi connectivity index (χ3v) is 4.20. The molecule has 1 N–H and O–H groups in total. The number of hydrogen-bond acceptors (Lipinski definition) is 2. The van der Waals surface area contributed by atoms with Crippen LogP contribution in [-0.2, 0) is 13.1 Å². The molecule has 1 heterocycles. The van der Waals surface area contributed by atoms with Gasteiger partial charge >= 0.3 is 0 Å². The molecular weight excluding hydrogens is 328 g/mol. The van der Waals surface area contributed by atoms with Crippen molar-refractivity contribution in [3.63, 3.8) is 0 Å². The topological polar surface area (TPSA) is 26.2 Å². The van der Waals surface area contributed by atoms with Gasteiger partial charge in [0.1, 0.15) is 5.75 Å². The van der Waals surface area contributed by atoms with Crippen molar-refractivity contribution in [3.05, 3.63) is 52.3 Å². The monoisotopic (exact) mass is 350 g/mol. The second-order valence-corrected chi connectivity index (χ2v) is 6.11. The molecule has 0 saturated heterocycles. The Morgan fingerprint density at radius 3 is 2.81 bits per heavy atom. The summed E-state index contributed by atoms with van der Waals surface area (Å²) in [6.07, 6.45) is 5.53. The minimum atomic E-state index is 0.293. The molecule has 1 atom stereocenters. The van der Waals surface area contributed by atoms with E-state index >= 15 is 0 Å². The van der Waals surface area contributed by atoms with Gasteiger partial charge in [0.2, 0.25) is 0 Å². The van der Waals surface area contributed by atoms with E-state index in [1.807, 2.05) is 6.07 Å². The Kier molecular flexibility index (Phi) is 5.88. The lowest BCUT2D eigenvalue weighted by atomic mass is 10.1. The maximum atomic E-state index is 5.26. The van der Waals surface area contributed by atoms with Crippen LogP contribution < -0.4 is 10.1 Å². The Hall–Kier alpha value is -1.26. The van der Waals surface area contributed by atoms with E-state index in [9.17, 15) is 0 Å². The van der Waals surface area contributed by atoms with Gasteiger partial charge < -0.3 is 14.6 Å². The number of methoxy groups -OCH3 is 1. The van der Waals surface area contributed by atoms with Gasteiger partial charge in [-0.05, 0) is 58.6 Å². The Balaban J connectivity index is 1.94. The van der Waals surface area contributed by atoms with Gasteiger partial charge in [0.15, 0.2) is 0 Å². The Bertz CT molecular complexity index is 580. The number of aryl methyl sites for hydroxylation is 1. The number of nitrogens with zero attached hydrogens (tertiary/aromatic N) is 1. The van der Waals surface area contributed by atoms with Crippen LogP contribution in [0.15, 0.2) is 41.1 Å². The van der Waals surface area contributed by atoms with Crippen molar-refractivity contribution in [1.29, 1.82) is 0 Å². The van der Waals surface area contributed by atoms with Crippen LogP contribution in [0.2, 0.25) is 0 Å². The summed E-state index contributed by atoms with van der Waals surface area (Å²) >= 11 is 3.54. The van der Waals surface area contributed by atoms with E-state index in [1.54, 1.807) is 7.11 Å². The first kappa shape index (κ1) is 16.1. The lowest BCUT2D eigenvalue weighted by molar-refractivity contribution is 0.411. The largest absolute Gasteiger partial charge is 0.496 e. The summed E-state index contributed by atoms with van der Waals surface area (Å²) in [5, 5.41) is 3.56. The normalized spacial score (nSPS) is 12.4. The van der Waals surface area contributed by atoms with Gasteiger partial charge in [-0.25, -0.2) is 0 Å². The summed E-state index contributed by atoms with van der Waals surface area (Å²) in [6, 6.07) is 8.68. The first-order valence-corrected chi connectivity index (χ1v) is 8.14. The molecule has 21 heavy (non-hydrogen) atoms. The van der Waals surface area contributed by atoms with Crippen LogP contribution in [0.4, 0.5) is 0 Å². The molecule has 0 saturated carbocycles. The summed E-state index contributed by atoms with van der Waals surface area (Å²) in [7, 11) is 1.68. The molecule has 0 fully saturated rings. The number of halogens is 1. The molecule has 0 aliphatic rings. The van der Waals surface area contributed by atoms with Crippen LogP contribution in [0.1, 0.15) is 37.4 Å². The molecule has 1 aromatic carbocycles. The van der Waals surface area contributed by atoms with Crippen LogP contribution in [0.25, 0.3) is 0 Å². The van der Waals surface area contributed by atoms with Crippen LogP contribution in [0.3, 0.4) is 0 Å². The number of ether oxygens (including phenoxy) is 1. The van der Waals surface area contributed by atoms with Crippen LogP contribution >= 0.6 is 15.9 Å². The lowest BCUT2D eigenvalue weighted by Gasteiger charge is -2.15. The highest BCUT2D eigenvalue weighted by molar-refractivity contribution is 9.10. The van der Waals surface area contributed by atoms with Crippen molar-refractivity contribution >= 4 is 15.9 Å². The zero-order valence-electron chi connectivity index (χ0n) is 12.9. The lowest BCUT2D eigenvalue weighted by Crippen LogP contribution is -2.17. The molecule has 2 aromatic rings. The summed E-state index contributed by atoms with van der Waals surface area (Å²) in [4.78, 5) is 0. The van der Waals surface area contributed by atoms with Gasteiger partial charge in [-0.15, -0.1) is 0 Å². The highest BCUT2D eigenvalue weighted by Crippen LogP contribution is 2.28. The van der Waals surface area contributed by atoms with E-state index in [-0.39, 0.29) is 0 Å². The molecule has 0 spiro atoms. The molecule has 0 aliphatic heterocycles. The second kappa shape index (κ2) is 7.66. The van der Waals surface area contributed by atoms with Gasteiger partial charge in [0, 0.05) is 31.5 Å². The van der Waals surface area contributed by atoms with Crippen LogP contribution in [-0.4, -0.2) is 11.7 Å². The standard InChI is InChI=1S/C17H23BrN2O/c1-4-8-20-9-7-14(12-20)11-19-13(2)15-5-6-17(21-3)16(18)10-15/h5-7,9-10,12-13,19H,4,8,11H2,1-3H3. The fourth-order valence-electron chi connectivity index (χ4n) is 2.33. The Morgan fingerprint density at radius 2 is 2.14 bits per heavy atom. The zero-order valence-corrected chi connectivity index (χ0v) is 14.5. The number of hydrogen-bond donors (Lipinski definition) is 1. The van der Waals surface area contributed by atoms with E-state index in [2.05, 4.69) is 70.3 Å². The minimum Gasteiger partial charge on any atom is -0.496 e. The average Bonchev–Trinajstić information content (AvgIpc) is 2.93. The quantitative estimate of drug-likeness (QED) is 0.794. The van der Waals surface area contributed by atoms with E-state index in [0.29, 0.717) is 6.04 Å². The molecule has 0 bridgehead atoms. The van der Waals surface area contributed by atoms with Crippen molar-refractivity contribution in [3.8, 4) is 5.75 Å². The summed E-state index contributed by atoms with van der Waals surface area (Å²) in [6.45, 7) is 6.33. The fourth-order valence-corrected chi connectivity index (χ4v) is 2.89. The maximum Gasteiger partial charge on any atom is 0.133 e. The molecule has 0 aliphatic carbocycles. The Labute approximate surface area is 135 Å². The first-order valence-electron chi connectivity index (χ1n) is 7.35. The zero-order chi connectivity index (χ0) is 15.2. The highest BCUT2D eigenvalue weighted by atomic mass is 79.9. The molecule has 0 radical (unpaired) electrons. The van der Waals surface area contributed by atoms with E-state index < -0.39 is 0 Å². The third-order valence-electron chi connectivity index (χ3n) is 3.58. The van der Waals surface area contributed by atoms with Crippen LogP contribution in [0, 0.1) is 0 Å². The average molecular weight is 351 g/mol. The molecule has 1 unspecified atom stereocenters. The van der Waals surface area contributed by atoms with Gasteiger partial charge in [-0.2, -0.15) is 0 Å². The Morgan fingerprint density at radius 1 is 1.33 bits per heavy atom. The molecule has 0 amide bonds. The van der Waals surface area contributed by atoms with Crippen LogP contribution in [0.5, 0.6) is 5.75 Å². The molecule has 2 rings (SSSR count). The predicted octanol–water partition coefficient (Wildman–Crippen LogP) is 4.52. The molecule has 114 valence electrons. The number of benzene rings is 1. The summed E-state index contributed by atoms with van der Waals surface area (Å²) in [5.74, 6) is 0.864. The molecule has 4 heteroatoms. The number of nitrogens with one attached hydrogen (secondary N) is 1. The fraction of sp³-hybridized carbons (Fsp3) is 0.412. The highest BCUT2D eigenvalue weighted by Gasteiger charge is 2.08. The van der Waals surface area contributed by atoms with Crippen molar-refractivity contribution in [1.82, 2.24) is 9.88 Å². The van der Waals surface area contributed by atoms with E-state index in [0.717, 1.165) is 29.7 Å².